The third kappa shape index (κ3) is 6.31. The maximum atomic E-state index is 12.7. The third-order valence-corrected chi connectivity index (χ3v) is 3.15. The molecule has 0 saturated carbocycles. The first-order chi connectivity index (χ1) is 10.8. The molecule has 0 bridgehead atoms. The van der Waals surface area contributed by atoms with Gasteiger partial charge in [-0.25, -0.2) is 4.98 Å². The van der Waals surface area contributed by atoms with Crippen LogP contribution < -0.4 is 5.32 Å². The maximum absolute atomic E-state index is 12.7. The summed E-state index contributed by atoms with van der Waals surface area (Å²) in [7, 11) is 3.16. The highest BCUT2D eigenvalue weighted by Crippen LogP contribution is 2.13. The van der Waals surface area contributed by atoms with E-state index in [-0.39, 0.29) is 37.3 Å². The standard InChI is InChI=1S/C14H23F2N5O2/c1-4-5-18-12(22)9-20(3)13(23)10-19(2)8-11-17-6-7-21(11)14(15)16/h6-7,14H,4-5,8-10H2,1-3H3,(H,18,22). The summed E-state index contributed by atoms with van der Waals surface area (Å²) >= 11 is 0. The van der Waals surface area contributed by atoms with Gasteiger partial charge >= 0.3 is 6.55 Å². The summed E-state index contributed by atoms with van der Waals surface area (Å²) in [6, 6.07) is 0. The molecule has 0 radical (unpaired) electrons. The summed E-state index contributed by atoms with van der Waals surface area (Å²) < 4.78 is 26.2. The van der Waals surface area contributed by atoms with Crippen LogP contribution in [0.5, 0.6) is 0 Å². The van der Waals surface area contributed by atoms with Gasteiger partial charge in [0.25, 0.3) is 0 Å². The van der Waals surface area contributed by atoms with Gasteiger partial charge in [-0.15, -0.1) is 0 Å². The molecule has 1 heterocycles. The fourth-order valence-corrected chi connectivity index (χ4v) is 1.92. The van der Waals surface area contributed by atoms with Gasteiger partial charge in [-0.2, -0.15) is 8.78 Å². The predicted molar refractivity (Wildman–Crippen MR) is 80.8 cm³/mol. The van der Waals surface area contributed by atoms with Gasteiger partial charge in [0.2, 0.25) is 11.8 Å². The number of alkyl halides is 2. The van der Waals surface area contributed by atoms with Crippen molar-refractivity contribution in [2.45, 2.75) is 26.4 Å². The quantitative estimate of drug-likeness (QED) is 0.723. The second-order valence-electron chi connectivity index (χ2n) is 5.30. The molecule has 130 valence electrons. The number of likely N-dealkylation sites (N-methyl/N-ethyl adjacent to an activating group) is 2. The van der Waals surface area contributed by atoms with Crippen molar-refractivity contribution in [2.24, 2.45) is 0 Å². The van der Waals surface area contributed by atoms with Gasteiger partial charge in [-0.05, 0) is 13.5 Å². The number of amides is 2. The van der Waals surface area contributed by atoms with E-state index in [1.165, 1.54) is 24.3 Å². The zero-order valence-electron chi connectivity index (χ0n) is 13.6. The van der Waals surface area contributed by atoms with E-state index in [4.69, 9.17) is 0 Å². The largest absolute Gasteiger partial charge is 0.355 e. The van der Waals surface area contributed by atoms with Crippen molar-refractivity contribution in [3.63, 3.8) is 0 Å². The van der Waals surface area contributed by atoms with Crippen LogP contribution in [0.1, 0.15) is 25.7 Å². The molecule has 23 heavy (non-hydrogen) atoms. The van der Waals surface area contributed by atoms with Gasteiger partial charge in [-0.3, -0.25) is 19.1 Å². The second-order valence-corrected chi connectivity index (χ2v) is 5.30. The van der Waals surface area contributed by atoms with Gasteiger partial charge in [0.1, 0.15) is 5.82 Å². The van der Waals surface area contributed by atoms with Crippen LogP contribution in [0.4, 0.5) is 8.78 Å². The Morgan fingerprint density at radius 1 is 1.35 bits per heavy atom. The van der Waals surface area contributed by atoms with E-state index in [1.807, 2.05) is 6.92 Å². The number of nitrogens with one attached hydrogen (secondary N) is 1. The number of hydrogen-bond acceptors (Lipinski definition) is 4. The number of aromatic nitrogens is 2. The van der Waals surface area contributed by atoms with Crippen LogP contribution in [0.3, 0.4) is 0 Å². The molecule has 0 aliphatic heterocycles. The third-order valence-electron chi connectivity index (χ3n) is 3.15. The summed E-state index contributed by atoms with van der Waals surface area (Å²) in [6.45, 7) is -0.0726. The topological polar surface area (TPSA) is 70.5 Å². The highest BCUT2D eigenvalue weighted by molar-refractivity contribution is 5.85. The number of rotatable bonds is 9. The normalized spacial score (nSPS) is 11.1. The monoisotopic (exact) mass is 331 g/mol. The van der Waals surface area contributed by atoms with Crippen LogP contribution in [-0.2, 0) is 16.1 Å². The molecular weight excluding hydrogens is 308 g/mol. The van der Waals surface area contributed by atoms with E-state index >= 15 is 0 Å². The van der Waals surface area contributed by atoms with E-state index in [9.17, 15) is 18.4 Å². The van der Waals surface area contributed by atoms with Crippen molar-refractivity contribution in [3.8, 4) is 0 Å². The zero-order valence-corrected chi connectivity index (χ0v) is 13.6. The lowest BCUT2D eigenvalue weighted by Gasteiger charge is -2.21. The van der Waals surface area contributed by atoms with Gasteiger partial charge in [-0.1, -0.05) is 6.92 Å². The SMILES string of the molecule is CCCNC(=O)CN(C)C(=O)CN(C)Cc1nccn1C(F)F. The van der Waals surface area contributed by atoms with Crippen molar-refractivity contribution >= 4 is 11.8 Å². The van der Waals surface area contributed by atoms with Crippen molar-refractivity contribution in [2.75, 3.05) is 33.7 Å². The Kier molecular flexibility index (Phi) is 7.60. The molecule has 0 fully saturated rings. The lowest BCUT2D eigenvalue weighted by molar-refractivity contribution is -0.135. The fraction of sp³-hybridized carbons (Fsp3) is 0.643. The number of nitrogens with zero attached hydrogens (tertiary/aromatic N) is 4. The summed E-state index contributed by atoms with van der Waals surface area (Å²) in [5.74, 6) is -0.313. The first-order valence-electron chi connectivity index (χ1n) is 7.34. The van der Waals surface area contributed by atoms with Gasteiger partial charge in [0.15, 0.2) is 0 Å². The van der Waals surface area contributed by atoms with Crippen molar-refractivity contribution in [3.05, 3.63) is 18.2 Å². The molecule has 1 N–H and O–H groups in total. The Bertz CT molecular complexity index is 521. The highest BCUT2D eigenvalue weighted by atomic mass is 19.3. The van der Waals surface area contributed by atoms with Gasteiger partial charge in [0.05, 0.1) is 19.6 Å². The van der Waals surface area contributed by atoms with Crippen LogP contribution in [0.15, 0.2) is 12.4 Å². The highest BCUT2D eigenvalue weighted by Gasteiger charge is 2.17. The van der Waals surface area contributed by atoms with Crippen LogP contribution in [-0.4, -0.2) is 64.9 Å². The smallest absolute Gasteiger partial charge is 0.319 e. The van der Waals surface area contributed by atoms with E-state index in [0.717, 1.165) is 11.0 Å². The summed E-state index contributed by atoms with van der Waals surface area (Å²) in [5.41, 5.74) is 0. The van der Waals surface area contributed by atoms with E-state index in [1.54, 1.807) is 11.9 Å². The zero-order chi connectivity index (χ0) is 17.4. The molecule has 9 heteroatoms. The molecule has 0 spiro atoms. The Morgan fingerprint density at radius 2 is 2.04 bits per heavy atom. The Hall–Kier alpha value is -2.03. The first kappa shape index (κ1) is 19.0. The first-order valence-corrected chi connectivity index (χ1v) is 7.34. The predicted octanol–water partition coefficient (Wildman–Crippen LogP) is 0.695. The molecule has 0 aliphatic rings. The lowest BCUT2D eigenvalue weighted by Crippen LogP contribution is -2.42. The Balaban J connectivity index is 2.46. The molecule has 1 rings (SSSR count). The molecule has 0 saturated heterocycles. The van der Waals surface area contributed by atoms with Crippen LogP contribution in [0.25, 0.3) is 0 Å². The van der Waals surface area contributed by atoms with Crippen molar-refractivity contribution in [1.82, 2.24) is 24.7 Å². The summed E-state index contributed by atoms with van der Waals surface area (Å²) in [6.07, 6.45) is 3.31. The fourth-order valence-electron chi connectivity index (χ4n) is 1.92. The molecule has 0 unspecified atom stereocenters. The number of imidazole rings is 1. The average Bonchev–Trinajstić information content (AvgIpc) is 2.92. The maximum Gasteiger partial charge on any atom is 0.319 e. The van der Waals surface area contributed by atoms with Gasteiger partial charge in [0, 0.05) is 26.0 Å². The number of hydrogen-bond donors (Lipinski definition) is 1. The summed E-state index contributed by atoms with van der Waals surface area (Å²) in [5, 5.41) is 2.68. The molecule has 7 nitrogen and oxygen atoms in total. The minimum absolute atomic E-state index is 0.00760. The number of carbonyl (C=O) groups excluding carboxylic acids is 2. The minimum Gasteiger partial charge on any atom is -0.355 e. The molecule has 1 aromatic heterocycles. The molecular formula is C14H23F2N5O2. The van der Waals surface area contributed by atoms with Crippen LogP contribution in [0.2, 0.25) is 0 Å². The van der Waals surface area contributed by atoms with E-state index in [2.05, 4.69) is 10.3 Å². The van der Waals surface area contributed by atoms with Crippen molar-refractivity contribution in [1.29, 1.82) is 0 Å². The Morgan fingerprint density at radius 3 is 2.65 bits per heavy atom. The minimum atomic E-state index is -2.67. The van der Waals surface area contributed by atoms with E-state index in [0.29, 0.717) is 6.54 Å². The average molecular weight is 331 g/mol. The molecule has 0 atom stereocenters. The van der Waals surface area contributed by atoms with E-state index < -0.39 is 6.55 Å². The summed E-state index contributed by atoms with van der Waals surface area (Å²) in [4.78, 5) is 30.3. The number of halogens is 2. The second kappa shape index (κ2) is 9.19. The molecule has 2 amide bonds. The van der Waals surface area contributed by atoms with Crippen LogP contribution in [0, 0.1) is 0 Å². The van der Waals surface area contributed by atoms with Crippen LogP contribution >= 0.6 is 0 Å². The lowest BCUT2D eigenvalue weighted by atomic mass is 10.4. The van der Waals surface area contributed by atoms with Crippen molar-refractivity contribution < 1.29 is 18.4 Å². The Labute approximate surface area is 134 Å². The molecule has 0 aromatic carbocycles. The van der Waals surface area contributed by atoms with Gasteiger partial charge < -0.3 is 10.2 Å². The number of carbonyl (C=O) groups is 2. The molecule has 1 aromatic rings. The molecule has 0 aliphatic carbocycles.